The molecule has 4 nitrogen and oxygen atoms in total. The average Bonchev–Trinajstić information content (AvgIpc) is 2.29. The van der Waals surface area contributed by atoms with Gasteiger partial charge < -0.3 is 14.6 Å². The molecule has 112 valence electrons. The molecule has 0 radical (unpaired) electrons. The number of carbonyl (C=O) groups excluding carboxylic acids is 2. The molecule has 0 rings (SSSR count). The first-order chi connectivity index (χ1) is 8.85. The highest BCUT2D eigenvalue weighted by molar-refractivity contribution is 5.69. The van der Waals surface area contributed by atoms with Crippen molar-refractivity contribution in [2.45, 2.75) is 83.8 Å². The van der Waals surface area contributed by atoms with Gasteiger partial charge >= 0.3 is 5.97 Å². The van der Waals surface area contributed by atoms with E-state index in [2.05, 4.69) is 0 Å². The second kappa shape index (κ2) is 9.96. The SMILES string of the molecule is CC(C)(C)OC(=O)CC[C@@H](O)CCCCCCC=O. The summed E-state index contributed by atoms with van der Waals surface area (Å²) >= 11 is 0. The van der Waals surface area contributed by atoms with E-state index < -0.39 is 11.7 Å². The van der Waals surface area contributed by atoms with Gasteiger partial charge in [0.25, 0.3) is 0 Å². The highest BCUT2D eigenvalue weighted by Gasteiger charge is 2.17. The first-order valence-corrected chi connectivity index (χ1v) is 7.18. The molecule has 0 spiro atoms. The topological polar surface area (TPSA) is 63.6 Å². The molecule has 0 aliphatic carbocycles. The molecule has 0 aromatic carbocycles. The molecular formula is C15H28O4. The van der Waals surface area contributed by atoms with Crippen molar-refractivity contribution in [2.75, 3.05) is 0 Å². The molecule has 0 aliphatic heterocycles. The zero-order valence-corrected chi connectivity index (χ0v) is 12.5. The van der Waals surface area contributed by atoms with Crippen molar-refractivity contribution in [2.24, 2.45) is 0 Å². The summed E-state index contributed by atoms with van der Waals surface area (Å²) < 4.78 is 5.17. The van der Waals surface area contributed by atoms with E-state index in [0.29, 0.717) is 19.3 Å². The van der Waals surface area contributed by atoms with E-state index in [-0.39, 0.29) is 12.4 Å². The lowest BCUT2D eigenvalue weighted by Gasteiger charge is -2.20. The van der Waals surface area contributed by atoms with E-state index in [0.717, 1.165) is 32.0 Å². The molecule has 0 aromatic rings. The second-order valence-electron chi connectivity index (χ2n) is 5.94. The summed E-state index contributed by atoms with van der Waals surface area (Å²) in [5, 5.41) is 9.74. The Morgan fingerprint density at radius 3 is 2.37 bits per heavy atom. The number of carbonyl (C=O) groups is 2. The van der Waals surface area contributed by atoms with Crippen LogP contribution in [0.4, 0.5) is 0 Å². The Labute approximate surface area is 116 Å². The quantitative estimate of drug-likeness (QED) is 0.377. The van der Waals surface area contributed by atoms with Gasteiger partial charge in [0, 0.05) is 12.8 Å². The third kappa shape index (κ3) is 13.3. The van der Waals surface area contributed by atoms with Crippen LogP contribution in [0.3, 0.4) is 0 Å². The van der Waals surface area contributed by atoms with E-state index in [1.807, 2.05) is 20.8 Å². The van der Waals surface area contributed by atoms with Crippen molar-refractivity contribution in [3.63, 3.8) is 0 Å². The number of unbranched alkanes of at least 4 members (excludes halogenated alkanes) is 4. The Kier molecular flexibility index (Phi) is 9.48. The van der Waals surface area contributed by atoms with Crippen molar-refractivity contribution in [3.8, 4) is 0 Å². The van der Waals surface area contributed by atoms with E-state index in [1.54, 1.807) is 0 Å². The Morgan fingerprint density at radius 2 is 1.79 bits per heavy atom. The molecule has 0 saturated heterocycles. The van der Waals surface area contributed by atoms with Crippen LogP contribution in [0.15, 0.2) is 0 Å². The van der Waals surface area contributed by atoms with E-state index in [1.165, 1.54) is 0 Å². The van der Waals surface area contributed by atoms with Gasteiger partial charge in [-0.2, -0.15) is 0 Å². The van der Waals surface area contributed by atoms with Crippen LogP contribution in [0, 0.1) is 0 Å². The van der Waals surface area contributed by atoms with Gasteiger partial charge in [-0.15, -0.1) is 0 Å². The van der Waals surface area contributed by atoms with Gasteiger partial charge in [-0.05, 0) is 40.0 Å². The summed E-state index contributed by atoms with van der Waals surface area (Å²) in [5.74, 6) is -0.252. The largest absolute Gasteiger partial charge is 0.460 e. The summed E-state index contributed by atoms with van der Waals surface area (Å²) in [7, 11) is 0. The lowest BCUT2D eigenvalue weighted by atomic mass is 10.0. The van der Waals surface area contributed by atoms with E-state index >= 15 is 0 Å². The zero-order valence-electron chi connectivity index (χ0n) is 12.5. The molecule has 0 bridgehead atoms. The predicted octanol–water partition coefficient (Wildman–Crippen LogP) is 3.01. The van der Waals surface area contributed by atoms with Crippen LogP contribution in [0.5, 0.6) is 0 Å². The maximum Gasteiger partial charge on any atom is 0.306 e. The molecule has 0 aliphatic rings. The Morgan fingerprint density at radius 1 is 1.16 bits per heavy atom. The molecule has 19 heavy (non-hydrogen) atoms. The van der Waals surface area contributed by atoms with Gasteiger partial charge in [-0.1, -0.05) is 19.3 Å². The number of aldehydes is 1. The number of rotatable bonds is 10. The van der Waals surface area contributed by atoms with E-state index in [4.69, 9.17) is 4.74 Å². The summed E-state index contributed by atoms with van der Waals surface area (Å²) in [6.07, 6.45) is 6.49. The number of esters is 1. The minimum Gasteiger partial charge on any atom is -0.460 e. The Balaban J connectivity index is 3.51. The molecule has 0 saturated carbocycles. The molecule has 0 heterocycles. The van der Waals surface area contributed by atoms with Crippen LogP contribution in [-0.4, -0.2) is 29.1 Å². The first kappa shape index (κ1) is 18.1. The molecule has 1 N–H and O–H groups in total. The molecule has 4 heteroatoms. The first-order valence-electron chi connectivity index (χ1n) is 7.18. The minimum atomic E-state index is -0.458. The predicted molar refractivity (Wildman–Crippen MR) is 74.9 cm³/mol. The standard InChI is InChI=1S/C15H28O4/c1-15(2,3)19-14(18)11-10-13(17)9-7-5-4-6-8-12-16/h12-13,17H,4-11H2,1-3H3/t13-/m0/s1. The van der Waals surface area contributed by atoms with Gasteiger partial charge in [0.15, 0.2) is 0 Å². The number of ether oxygens (including phenoxy) is 1. The van der Waals surface area contributed by atoms with Crippen molar-refractivity contribution in [3.05, 3.63) is 0 Å². The van der Waals surface area contributed by atoms with Crippen LogP contribution in [0.2, 0.25) is 0 Å². The van der Waals surface area contributed by atoms with Gasteiger partial charge in [0.05, 0.1) is 6.10 Å². The highest BCUT2D eigenvalue weighted by Crippen LogP contribution is 2.13. The molecule has 0 amide bonds. The lowest BCUT2D eigenvalue weighted by Crippen LogP contribution is -2.24. The van der Waals surface area contributed by atoms with Crippen LogP contribution in [0.25, 0.3) is 0 Å². The fourth-order valence-corrected chi connectivity index (χ4v) is 1.78. The number of aliphatic hydroxyl groups is 1. The van der Waals surface area contributed by atoms with Crippen molar-refractivity contribution < 1.29 is 19.4 Å². The van der Waals surface area contributed by atoms with Crippen molar-refractivity contribution >= 4 is 12.3 Å². The number of hydrogen-bond donors (Lipinski definition) is 1. The van der Waals surface area contributed by atoms with Gasteiger partial charge in [-0.3, -0.25) is 4.79 Å². The third-order valence-electron chi connectivity index (χ3n) is 2.71. The van der Waals surface area contributed by atoms with Gasteiger partial charge in [-0.25, -0.2) is 0 Å². The van der Waals surface area contributed by atoms with Crippen molar-refractivity contribution in [1.82, 2.24) is 0 Å². The number of hydrogen-bond acceptors (Lipinski definition) is 4. The van der Waals surface area contributed by atoms with Crippen molar-refractivity contribution in [1.29, 1.82) is 0 Å². The summed E-state index contributed by atoms with van der Waals surface area (Å²) in [5.41, 5.74) is -0.458. The zero-order chi connectivity index (χ0) is 14.7. The lowest BCUT2D eigenvalue weighted by molar-refractivity contribution is -0.155. The van der Waals surface area contributed by atoms with Crippen LogP contribution >= 0.6 is 0 Å². The third-order valence-corrected chi connectivity index (χ3v) is 2.71. The fourth-order valence-electron chi connectivity index (χ4n) is 1.78. The maximum atomic E-state index is 11.4. The normalized spacial score (nSPS) is 13.1. The molecule has 0 aromatic heterocycles. The van der Waals surface area contributed by atoms with Crippen LogP contribution in [-0.2, 0) is 14.3 Å². The molecule has 0 fully saturated rings. The smallest absolute Gasteiger partial charge is 0.306 e. The number of aliphatic hydroxyl groups excluding tert-OH is 1. The molecular weight excluding hydrogens is 244 g/mol. The highest BCUT2D eigenvalue weighted by atomic mass is 16.6. The summed E-state index contributed by atoms with van der Waals surface area (Å²) in [6.45, 7) is 5.50. The average molecular weight is 272 g/mol. The van der Waals surface area contributed by atoms with Crippen LogP contribution in [0.1, 0.15) is 72.1 Å². The summed E-state index contributed by atoms with van der Waals surface area (Å²) in [4.78, 5) is 21.6. The van der Waals surface area contributed by atoms with Gasteiger partial charge in [0.1, 0.15) is 11.9 Å². The van der Waals surface area contributed by atoms with Gasteiger partial charge in [0.2, 0.25) is 0 Å². The fraction of sp³-hybridized carbons (Fsp3) is 0.867. The Bertz CT molecular complexity index is 255. The minimum absolute atomic E-state index is 0.252. The monoisotopic (exact) mass is 272 g/mol. The molecule has 0 unspecified atom stereocenters. The Hall–Kier alpha value is -0.900. The maximum absolute atomic E-state index is 11.4. The van der Waals surface area contributed by atoms with E-state index in [9.17, 15) is 14.7 Å². The van der Waals surface area contributed by atoms with Crippen LogP contribution < -0.4 is 0 Å². The second-order valence-corrected chi connectivity index (χ2v) is 5.94. The molecule has 1 atom stereocenters. The summed E-state index contributed by atoms with van der Waals surface area (Å²) in [6, 6.07) is 0.